The zero-order valence-electron chi connectivity index (χ0n) is 14.3. The molecule has 0 unspecified atom stereocenters. The van der Waals surface area contributed by atoms with E-state index in [0.717, 1.165) is 0 Å². The van der Waals surface area contributed by atoms with E-state index in [-0.39, 0.29) is 29.5 Å². The van der Waals surface area contributed by atoms with Crippen LogP contribution in [0.5, 0.6) is 0 Å². The third-order valence-electron chi connectivity index (χ3n) is 4.16. The third-order valence-corrected chi connectivity index (χ3v) is 5.05. The summed E-state index contributed by atoms with van der Waals surface area (Å²) in [6.45, 7) is 4.61. The fourth-order valence-corrected chi connectivity index (χ4v) is 3.90. The van der Waals surface area contributed by atoms with Crippen LogP contribution >= 0.6 is 11.3 Å². The maximum absolute atomic E-state index is 13.4. The summed E-state index contributed by atoms with van der Waals surface area (Å²) in [6, 6.07) is 7.81. The fourth-order valence-electron chi connectivity index (χ4n) is 3.07. The minimum atomic E-state index is -0.365. The Balaban J connectivity index is 1.98. The van der Waals surface area contributed by atoms with Gasteiger partial charge in [-0.05, 0) is 35.1 Å². The molecular weight excluding hydrogens is 355 g/mol. The molecule has 0 saturated heterocycles. The molecule has 0 saturated carbocycles. The van der Waals surface area contributed by atoms with E-state index in [9.17, 15) is 14.0 Å². The first-order valence-electron chi connectivity index (χ1n) is 8.29. The van der Waals surface area contributed by atoms with Gasteiger partial charge < -0.3 is 0 Å². The molecule has 0 aliphatic heterocycles. The van der Waals surface area contributed by atoms with Crippen LogP contribution in [0.25, 0.3) is 16.0 Å². The Morgan fingerprint density at radius 3 is 2.77 bits per heavy atom. The second kappa shape index (κ2) is 6.21. The van der Waals surface area contributed by atoms with E-state index >= 15 is 0 Å². The van der Waals surface area contributed by atoms with Crippen molar-refractivity contribution >= 4 is 27.3 Å². The minimum absolute atomic E-state index is 0.139. The average Bonchev–Trinajstić information content (AvgIpc) is 3.17. The summed E-state index contributed by atoms with van der Waals surface area (Å²) in [6.07, 6.45) is 0. The monoisotopic (exact) mass is 372 g/mol. The lowest BCUT2D eigenvalue weighted by atomic mass is 10.2. The largest absolute Gasteiger partial charge is 0.352 e. The quantitative estimate of drug-likeness (QED) is 0.553. The number of hydrogen-bond donors (Lipinski definition) is 0. The van der Waals surface area contributed by atoms with Gasteiger partial charge in [0.1, 0.15) is 10.5 Å². The maximum Gasteiger partial charge on any atom is 0.352 e. The molecule has 26 heavy (non-hydrogen) atoms. The summed E-state index contributed by atoms with van der Waals surface area (Å²) in [5.41, 5.74) is 0.713. The van der Waals surface area contributed by atoms with Gasteiger partial charge in [-0.2, -0.15) is 0 Å². The lowest BCUT2D eigenvalue weighted by Crippen LogP contribution is -2.27. The zero-order valence-corrected chi connectivity index (χ0v) is 15.2. The standard InChI is InChI=1S/C18H17FN4O2S/c1-11(2)9-21-16(24)15-14(6-7-26-15)23-17(21)20-22(18(23)25)10-12-4-3-5-13(19)8-12/h3-8,11H,9-10H2,1-2H3. The molecule has 1 aromatic carbocycles. The van der Waals surface area contributed by atoms with Crippen LogP contribution in [0.2, 0.25) is 0 Å². The molecule has 0 spiro atoms. The predicted octanol–water partition coefficient (Wildman–Crippen LogP) is 2.72. The first-order chi connectivity index (χ1) is 12.5. The van der Waals surface area contributed by atoms with Crippen molar-refractivity contribution in [1.82, 2.24) is 18.7 Å². The van der Waals surface area contributed by atoms with Crippen LogP contribution < -0.4 is 11.2 Å². The van der Waals surface area contributed by atoms with Crippen LogP contribution in [-0.4, -0.2) is 18.7 Å². The van der Waals surface area contributed by atoms with Crippen molar-refractivity contribution in [1.29, 1.82) is 0 Å². The van der Waals surface area contributed by atoms with Crippen LogP contribution in [0, 0.1) is 11.7 Å². The number of rotatable bonds is 4. The van der Waals surface area contributed by atoms with Crippen LogP contribution in [0.1, 0.15) is 19.4 Å². The summed E-state index contributed by atoms with van der Waals surface area (Å²) >= 11 is 1.31. The Labute approximate surface area is 151 Å². The molecule has 6 nitrogen and oxygen atoms in total. The van der Waals surface area contributed by atoms with Gasteiger partial charge in [0.2, 0.25) is 5.78 Å². The normalized spacial score (nSPS) is 11.8. The van der Waals surface area contributed by atoms with Crippen molar-refractivity contribution < 1.29 is 4.39 Å². The predicted molar refractivity (Wildman–Crippen MR) is 99.4 cm³/mol. The van der Waals surface area contributed by atoms with Crippen LogP contribution in [0.3, 0.4) is 0 Å². The van der Waals surface area contributed by atoms with Crippen molar-refractivity contribution in [2.75, 3.05) is 0 Å². The number of fused-ring (bicyclic) bond motifs is 3. The van der Waals surface area contributed by atoms with E-state index in [4.69, 9.17) is 0 Å². The van der Waals surface area contributed by atoms with Gasteiger partial charge in [0, 0.05) is 6.54 Å². The molecule has 8 heteroatoms. The summed E-state index contributed by atoms with van der Waals surface area (Å²) in [5, 5.41) is 6.19. The molecule has 0 atom stereocenters. The lowest BCUT2D eigenvalue weighted by molar-refractivity contribution is 0.516. The van der Waals surface area contributed by atoms with E-state index in [0.29, 0.717) is 28.1 Å². The first kappa shape index (κ1) is 16.7. The smallest absolute Gasteiger partial charge is 0.275 e. The highest BCUT2D eigenvalue weighted by Crippen LogP contribution is 2.18. The third kappa shape index (κ3) is 2.66. The van der Waals surface area contributed by atoms with Gasteiger partial charge in [-0.1, -0.05) is 26.0 Å². The topological polar surface area (TPSA) is 61.3 Å². The van der Waals surface area contributed by atoms with Crippen LogP contribution in [0.15, 0.2) is 45.3 Å². The molecule has 0 amide bonds. The Kier molecular flexibility index (Phi) is 3.99. The molecule has 0 bridgehead atoms. The van der Waals surface area contributed by atoms with E-state index in [1.165, 1.54) is 32.6 Å². The number of aromatic nitrogens is 4. The zero-order chi connectivity index (χ0) is 18.4. The van der Waals surface area contributed by atoms with Gasteiger partial charge in [-0.25, -0.2) is 18.3 Å². The van der Waals surface area contributed by atoms with Gasteiger partial charge in [-0.15, -0.1) is 16.4 Å². The van der Waals surface area contributed by atoms with Gasteiger partial charge >= 0.3 is 5.69 Å². The molecule has 0 fully saturated rings. The van der Waals surface area contributed by atoms with E-state index < -0.39 is 0 Å². The molecule has 3 heterocycles. The van der Waals surface area contributed by atoms with E-state index in [1.54, 1.807) is 28.1 Å². The Morgan fingerprint density at radius 1 is 1.23 bits per heavy atom. The van der Waals surface area contributed by atoms with Crippen molar-refractivity contribution in [3.05, 3.63) is 67.9 Å². The summed E-state index contributed by atoms with van der Waals surface area (Å²) in [7, 11) is 0. The molecule has 4 aromatic rings. The molecule has 3 aromatic heterocycles. The number of halogens is 1. The molecule has 0 aliphatic carbocycles. The number of benzene rings is 1. The molecule has 134 valence electrons. The molecule has 0 radical (unpaired) electrons. The maximum atomic E-state index is 13.4. The van der Waals surface area contributed by atoms with E-state index in [1.807, 2.05) is 13.8 Å². The fraction of sp³-hybridized carbons (Fsp3) is 0.278. The average molecular weight is 372 g/mol. The summed E-state index contributed by atoms with van der Waals surface area (Å²) < 4.78 is 18.3. The summed E-state index contributed by atoms with van der Waals surface area (Å²) in [4.78, 5) is 25.8. The van der Waals surface area contributed by atoms with Crippen molar-refractivity contribution in [3.63, 3.8) is 0 Å². The first-order valence-corrected chi connectivity index (χ1v) is 9.17. The molecule has 4 rings (SSSR count). The van der Waals surface area contributed by atoms with Gasteiger partial charge in [0.05, 0.1) is 12.1 Å². The number of thiophene rings is 1. The van der Waals surface area contributed by atoms with E-state index in [2.05, 4.69) is 5.10 Å². The molecule has 0 N–H and O–H groups in total. The SMILES string of the molecule is CC(C)Cn1c(=O)c2sccc2n2c(=O)n(Cc3cccc(F)c3)nc12. The van der Waals surface area contributed by atoms with Crippen molar-refractivity contribution in [2.45, 2.75) is 26.9 Å². The molecule has 0 aliphatic rings. The Bertz CT molecular complexity index is 1230. The second-order valence-electron chi connectivity index (χ2n) is 6.65. The Hall–Kier alpha value is -2.74. The minimum Gasteiger partial charge on any atom is -0.275 e. The number of nitrogens with zero attached hydrogens (tertiary/aromatic N) is 4. The van der Waals surface area contributed by atoms with Crippen molar-refractivity contribution in [2.24, 2.45) is 5.92 Å². The van der Waals surface area contributed by atoms with Gasteiger partial charge in [0.15, 0.2) is 0 Å². The van der Waals surface area contributed by atoms with Crippen LogP contribution in [0.4, 0.5) is 4.39 Å². The Morgan fingerprint density at radius 2 is 2.04 bits per heavy atom. The highest BCUT2D eigenvalue weighted by molar-refractivity contribution is 7.17. The second-order valence-corrected chi connectivity index (χ2v) is 7.57. The summed E-state index contributed by atoms with van der Waals surface area (Å²) in [5.74, 6) is 0.171. The van der Waals surface area contributed by atoms with Crippen LogP contribution in [-0.2, 0) is 13.1 Å². The number of hydrogen-bond acceptors (Lipinski definition) is 4. The van der Waals surface area contributed by atoms with Crippen molar-refractivity contribution in [3.8, 4) is 0 Å². The van der Waals surface area contributed by atoms with Gasteiger partial charge in [-0.3, -0.25) is 9.36 Å². The highest BCUT2D eigenvalue weighted by atomic mass is 32.1. The lowest BCUT2D eigenvalue weighted by Gasteiger charge is -2.09. The van der Waals surface area contributed by atoms with Gasteiger partial charge in [0.25, 0.3) is 5.56 Å². The molecular formula is C18H17FN4O2S. The highest BCUT2D eigenvalue weighted by Gasteiger charge is 2.18.